The van der Waals surface area contributed by atoms with Gasteiger partial charge in [0, 0.05) is 18.8 Å². The third-order valence-corrected chi connectivity index (χ3v) is 6.53. The Balaban J connectivity index is 2.44. The van der Waals surface area contributed by atoms with Crippen LogP contribution in [-0.4, -0.2) is 36.6 Å². The van der Waals surface area contributed by atoms with Crippen LogP contribution >= 0.6 is 0 Å². The number of nitrogens with one attached hydrogen (secondary N) is 1. The highest BCUT2D eigenvalue weighted by Crippen LogP contribution is 2.28. The van der Waals surface area contributed by atoms with Crippen LogP contribution in [-0.2, 0) is 10.0 Å². The molecular weight excluding hydrogens is 403 g/mol. The zero-order valence-electron chi connectivity index (χ0n) is 16.1. The van der Waals surface area contributed by atoms with Gasteiger partial charge in [-0.25, -0.2) is 12.8 Å². The number of nitrogens with two attached hydrogens (primary N) is 1. The molecule has 0 saturated heterocycles. The Morgan fingerprint density at radius 2 is 1.86 bits per heavy atom. The minimum atomic E-state index is -3.78. The minimum Gasteiger partial charge on any atom is -0.393 e. The van der Waals surface area contributed by atoms with Crippen LogP contribution in [0.3, 0.4) is 0 Å². The number of hydrogen-bond donors (Lipinski definition) is 2. The van der Waals surface area contributed by atoms with E-state index in [1.165, 1.54) is 22.5 Å². The van der Waals surface area contributed by atoms with Crippen LogP contribution in [0.25, 0.3) is 0 Å². The fraction of sp³-hybridized carbons (Fsp3) is 0.278. The second-order valence-electron chi connectivity index (χ2n) is 6.17. The van der Waals surface area contributed by atoms with Crippen LogP contribution in [0.5, 0.6) is 0 Å². The maximum atomic E-state index is 13.7. The summed E-state index contributed by atoms with van der Waals surface area (Å²) in [6, 6.07) is 5.67. The smallest absolute Gasteiger partial charge is 0.295 e. The third-order valence-electron chi connectivity index (χ3n) is 4.33. The SMILES string of the molecule is CCN(CC)S(=O)(=O)c1cc(NC(=O)c2cc(F)cc([N+](=O)[O-])c2N)ccc1C. The molecule has 2 rings (SSSR count). The highest BCUT2D eigenvalue weighted by molar-refractivity contribution is 7.89. The number of nitrogen functional groups attached to an aromatic ring is 1. The molecule has 2 aromatic carbocycles. The van der Waals surface area contributed by atoms with Gasteiger partial charge >= 0.3 is 0 Å². The minimum absolute atomic E-state index is 0.0113. The summed E-state index contributed by atoms with van der Waals surface area (Å²) in [5.41, 5.74) is 4.59. The number of carbonyl (C=O) groups is 1. The first-order chi connectivity index (χ1) is 13.5. The summed E-state index contributed by atoms with van der Waals surface area (Å²) in [5.74, 6) is -1.90. The zero-order valence-corrected chi connectivity index (χ0v) is 16.9. The van der Waals surface area contributed by atoms with E-state index < -0.39 is 43.6 Å². The quantitative estimate of drug-likeness (QED) is 0.398. The van der Waals surface area contributed by atoms with Crippen molar-refractivity contribution in [1.82, 2.24) is 4.31 Å². The number of nitro benzene ring substituents is 1. The van der Waals surface area contributed by atoms with E-state index in [0.717, 1.165) is 6.07 Å². The van der Waals surface area contributed by atoms with Gasteiger partial charge in [-0.1, -0.05) is 19.9 Å². The lowest BCUT2D eigenvalue weighted by Gasteiger charge is -2.20. The monoisotopic (exact) mass is 424 g/mol. The molecule has 0 saturated carbocycles. The maximum Gasteiger partial charge on any atom is 0.295 e. The second-order valence-corrected chi connectivity index (χ2v) is 8.07. The molecule has 0 aromatic heterocycles. The molecule has 0 spiro atoms. The van der Waals surface area contributed by atoms with Gasteiger partial charge < -0.3 is 11.1 Å². The van der Waals surface area contributed by atoms with Crippen molar-refractivity contribution in [3.8, 4) is 0 Å². The van der Waals surface area contributed by atoms with Gasteiger partial charge in [-0.2, -0.15) is 4.31 Å². The molecule has 0 aliphatic carbocycles. The topological polar surface area (TPSA) is 136 Å². The lowest BCUT2D eigenvalue weighted by atomic mass is 10.1. The third kappa shape index (κ3) is 4.51. The molecule has 0 aliphatic rings. The average molecular weight is 424 g/mol. The van der Waals surface area contributed by atoms with Gasteiger partial charge in [-0.3, -0.25) is 14.9 Å². The Morgan fingerprint density at radius 3 is 2.41 bits per heavy atom. The second kappa shape index (κ2) is 8.53. The number of carbonyl (C=O) groups excluding carboxylic acids is 1. The summed E-state index contributed by atoms with van der Waals surface area (Å²) >= 11 is 0. The normalized spacial score (nSPS) is 11.5. The van der Waals surface area contributed by atoms with Crippen molar-refractivity contribution in [1.29, 1.82) is 0 Å². The molecular formula is C18H21FN4O5S. The van der Waals surface area contributed by atoms with E-state index in [-0.39, 0.29) is 23.7 Å². The van der Waals surface area contributed by atoms with Gasteiger partial charge in [0.1, 0.15) is 11.5 Å². The molecule has 0 aliphatic heterocycles. The molecule has 29 heavy (non-hydrogen) atoms. The first kappa shape index (κ1) is 22.2. The van der Waals surface area contributed by atoms with Crippen molar-refractivity contribution in [3.63, 3.8) is 0 Å². The molecule has 0 bridgehead atoms. The number of nitro groups is 1. The highest BCUT2D eigenvalue weighted by Gasteiger charge is 2.25. The summed E-state index contributed by atoms with van der Waals surface area (Å²) in [7, 11) is -3.78. The number of sulfonamides is 1. The van der Waals surface area contributed by atoms with Crippen molar-refractivity contribution in [2.24, 2.45) is 0 Å². The van der Waals surface area contributed by atoms with Crippen LogP contribution in [0.2, 0.25) is 0 Å². The molecule has 0 atom stereocenters. The lowest BCUT2D eigenvalue weighted by Crippen LogP contribution is -2.31. The van der Waals surface area contributed by atoms with Crippen LogP contribution in [0.4, 0.5) is 21.5 Å². The first-order valence-corrected chi connectivity index (χ1v) is 10.1. The van der Waals surface area contributed by atoms with E-state index >= 15 is 0 Å². The van der Waals surface area contributed by atoms with Crippen LogP contribution in [0.15, 0.2) is 35.2 Å². The van der Waals surface area contributed by atoms with E-state index in [1.807, 2.05) is 0 Å². The molecule has 156 valence electrons. The average Bonchev–Trinajstić information content (AvgIpc) is 2.65. The highest BCUT2D eigenvalue weighted by atomic mass is 32.2. The van der Waals surface area contributed by atoms with E-state index in [1.54, 1.807) is 20.8 Å². The van der Waals surface area contributed by atoms with E-state index in [4.69, 9.17) is 5.73 Å². The Labute approximate surface area is 167 Å². The molecule has 3 N–H and O–H groups in total. The van der Waals surface area contributed by atoms with Crippen molar-refractivity contribution in [2.45, 2.75) is 25.7 Å². The fourth-order valence-corrected chi connectivity index (χ4v) is 4.51. The number of aryl methyl sites for hydroxylation is 1. The summed E-state index contributed by atoms with van der Waals surface area (Å²) in [5, 5.41) is 13.4. The van der Waals surface area contributed by atoms with Gasteiger partial charge in [0.05, 0.1) is 21.4 Å². The maximum absolute atomic E-state index is 13.7. The number of halogens is 1. The van der Waals surface area contributed by atoms with Crippen molar-refractivity contribution in [2.75, 3.05) is 24.1 Å². The predicted octanol–water partition coefficient (Wildman–Crippen LogP) is 2.91. The molecule has 1 amide bonds. The molecule has 0 heterocycles. The van der Waals surface area contributed by atoms with Crippen molar-refractivity contribution in [3.05, 3.63) is 57.4 Å². The summed E-state index contributed by atoms with van der Waals surface area (Å²) in [6.45, 7) is 5.59. The van der Waals surface area contributed by atoms with Crippen molar-refractivity contribution < 1.29 is 22.5 Å². The Hall–Kier alpha value is -3.05. The fourth-order valence-electron chi connectivity index (χ4n) is 2.80. The van der Waals surface area contributed by atoms with Crippen LogP contribution < -0.4 is 11.1 Å². The van der Waals surface area contributed by atoms with Crippen LogP contribution in [0.1, 0.15) is 29.8 Å². The Kier molecular flexibility index (Phi) is 6.55. The standard InChI is InChI=1S/C18H21FN4O5S/c1-4-22(5-2)29(27,28)16-10-13(7-6-11(16)3)21-18(24)14-8-12(19)9-15(17(14)20)23(25)26/h6-10H,4-5,20H2,1-3H3,(H,21,24). The zero-order chi connectivity index (χ0) is 21.9. The molecule has 2 aromatic rings. The summed E-state index contributed by atoms with van der Waals surface area (Å²) in [4.78, 5) is 22.6. The number of hydrogen-bond acceptors (Lipinski definition) is 6. The summed E-state index contributed by atoms with van der Waals surface area (Å²) < 4.78 is 40.6. The number of amides is 1. The molecule has 0 fully saturated rings. The van der Waals surface area contributed by atoms with E-state index in [0.29, 0.717) is 11.6 Å². The Morgan fingerprint density at radius 1 is 1.24 bits per heavy atom. The van der Waals surface area contributed by atoms with Gasteiger partial charge in [-0.05, 0) is 30.7 Å². The molecule has 11 heteroatoms. The van der Waals surface area contributed by atoms with Crippen LogP contribution in [0, 0.1) is 22.9 Å². The molecule has 0 radical (unpaired) electrons. The first-order valence-electron chi connectivity index (χ1n) is 8.68. The molecule has 9 nitrogen and oxygen atoms in total. The number of nitrogens with zero attached hydrogens (tertiary/aromatic N) is 2. The number of benzene rings is 2. The van der Waals surface area contributed by atoms with Gasteiger partial charge in [0.2, 0.25) is 10.0 Å². The number of rotatable bonds is 7. The lowest BCUT2D eigenvalue weighted by molar-refractivity contribution is -0.384. The van der Waals surface area contributed by atoms with Gasteiger partial charge in [0.25, 0.3) is 11.6 Å². The van der Waals surface area contributed by atoms with Crippen molar-refractivity contribution >= 4 is 33.0 Å². The molecule has 0 unspecified atom stereocenters. The van der Waals surface area contributed by atoms with E-state index in [2.05, 4.69) is 5.32 Å². The Bertz CT molecular complexity index is 1070. The number of anilines is 2. The van der Waals surface area contributed by atoms with Gasteiger partial charge in [0.15, 0.2) is 0 Å². The largest absolute Gasteiger partial charge is 0.393 e. The van der Waals surface area contributed by atoms with Gasteiger partial charge in [-0.15, -0.1) is 0 Å². The summed E-state index contributed by atoms with van der Waals surface area (Å²) in [6.07, 6.45) is 0. The van der Waals surface area contributed by atoms with E-state index in [9.17, 15) is 27.7 Å². The predicted molar refractivity (Wildman–Crippen MR) is 107 cm³/mol.